The number of hydrogen-bond acceptors (Lipinski definition) is 5. The second-order valence-corrected chi connectivity index (χ2v) is 8.52. The van der Waals surface area contributed by atoms with Gasteiger partial charge in [-0.1, -0.05) is 60.7 Å². The topological polar surface area (TPSA) is 113 Å². The number of hydrogen-bond donors (Lipinski definition) is 3. The summed E-state index contributed by atoms with van der Waals surface area (Å²) in [5.41, 5.74) is 0.425. The quantitative estimate of drug-likeness (QED) is 0.475. The molecule has 8 nitrogen and oxygen atoms in total. The first-order valence-electron chi connectivity index (χ1n) is 11.6. The van der Waals surface area contributed by atoms with Crippen molar-refractivity contribution in [2.24, 2.45) is 0 Å². The van der Waals surface area contributed by atoms with Crippen LogP contribution in [0.1, 0.15) is 53.2 Å². The van der Waals surface area contributed by atoms with Gasteiger partial charge in [0, 0.05) is 6.04 Å². The van der Waals surface area contributed by atoms with E-state index in [0.717, 1.165) is 35.8 Å². The third-order valence-electron chi connectivity index (χ3n) is 6.25. The van der Waals surface area contributed by atoms with E-state index in [1.54, 1.807) is 0 Å². The molecule has 1 aromatic heterocycles. The fourth-order valence-corrected chi connectivity index (χ4v) is 4.43. The van der Waals surface area contributed by atoms with Gasteiger partial charge in [0.25, 0.3) is 11.5 Å². The smallest absolute Gasteiger partial charge is 0.329 e. The standard InChI is InChI=1S/C26H29N3O5/c30-16-15-29-25(32)23(34-17-18-7-3-1-4-8-18)22(28-26(29)33)24(31)27-21-13-11-20(12-14-21)19-9-5-2-6-10-19/h1-10,20-21,30H,11-17H2,(H,27,31)(H,28,33). The van der Waals surface area contributed by atoms with Crippen molar-refractivity contribution in [2.45, 2.75) is 50.8 Å². The van der Waals surface area contributed by atoms with Crippen LogP contribution in [0.5, 0.6) is 5.75 Å². The average molecular weight is 464 g/mol. The van der Waals surface area contributed by atoms with Crippen molar-refractivity contribution in [1.82, 2.24) is 14.9 Å². The molecule has 0 atom stereocenters. The maximum absolute atomic E-state index is 13.1. The van der Waals surface area contributed by atoms with Crippen molar-refractivity contribution in [2.75, 3.05) is 6.61 Å². The van der Waals surface area contributed by atoms with Crippen LogP contribution in [0.25, 0.3) is 0 Å². The second-order valence-electron chi connectivity index (χ2n) is 8.52. The summed E-state index contributed by atoms with van der Waals surface area (Å²) in [6.45, 7) is -0.526. The van der Waals surface area contributed by atoms with Crippen LogP contribution in [-0.2, 0) is 13.2 Å². The first-order chi connectivity index (χ1) is 16.6. The maximum atomic E-state index is 13.1. The molecule has 34 heavy (non-hydrogen) atoms. The number of aromatic amines is 1. The number of nitrogens with zero attached hydrogens (tertiary/aromatic N) is 1. The Balaban J connectivity index is 1.51. The zero-order valence-electron chi connectivity index (χ0n) is 18.9. The largest absolute Gasteiger partial charge is 0.481 e. The van der Waals surface area contributed by atoms with Crippen LogP contribution in [0.2, 0.25) is 0 Å². The number of nitrogens with one attached hydrogen (secondary N) is 2. The Morgan fingerprint density at radius 3 is 2.29 bits per heavy atom. The molecule has 1 aliphatic rings. The molecule has 4 rings (SSSR count). The summed E-state index contributed by atoms with van der Waals surface area (Å²) in [5.74, 6) is -0.315. The van der Waals surface area contributed by atoms with E-state index in [1.807, 2.05) is 48.5 Å². The predicted molar refractivity (Wildman–Crippen MR) is 128 cm³/mol. The highest BCUT2D eigenvalue weighted by atomic mass is 16.5. The number of carbonyl (C=O) groups excluding carboxylic acids is 1. The molecule has 0 unspecified atom stereocenters. The highest BCUT2D eigenvalue weighted by Gasteiger charge is 2.27. The van der Waals surface area contributed by atoms with Gasteiger partial charge in [-0.05, 0) is 42.7 Å². The first kappa shape index (κ1) is 23.5. The van der Waals surface area contributed by atoms with E-state index < -0.39 is 23.8 Å². The van der Waals surface area contributed by atoms with Crippen LogP contribution in [0, 0.1) is 0 Å². The predicted octanol–water partition coefficient (Wildman–Crippen LogP) is 2.56. The average Bonchev–Trinajstić information content (AvgIpc) is 2.87. The maximum Gasteiger partial charge on any atom is 0.329 e. The summed E-state index contributed by atoms with van der Waals surface area (Å²) in [6, 6.07) is 19.5. The Hall–Kier alpha value is -3.65. The van der Waals surface area contributed by atoms with E-state index in [4.69, 9.17) is 4.74 Å². The Bertz CT molecular complexity index is 1210. The minimum Gasteiger partial charge on any atom is -0.481 e. The molecule has 3 aromatic rings. The molecule has 0 saturated heterocycles. The van der Waals surface area contributed by atoms with Crippen molar-refractivity contribution in [3.63, 3.8) is 0 Å². The van der Waals surface area contributed by atoms with Crippen molar-refractivity contribution in [3.05, 3.63) is 98.3 Å². The number of H-pyrrole nitrogens is 1. The van der Waals surface area contributed by atoms with Gasteiger partial charge < -0.3 is 15.2 Å². The number of rotatable bonds is 8. The minimum atomic E-state index is -0.760. The van der Waals surface area contributed by atoms with Crippen LogP contribution in [0.4, 0.5) is 0 Å². The van der Waals surface area contributed by atoms with Gasteiger partial charge in [-0.3, -0.25) is 19.1 Å². The lowest BCUT2D eigenvalue weighted by Crippen LogP contribution is -2.43. The number of aliphatic hydroxyl groups is 1. The van der Waals surface area contributed by atoms with Crippen molar-refractivity contribution in [1.29, 1.82) is 0 Å². The number of amides is 1. The number of aliphatic hydroxyl groups excluding tert-OH is 1. The van der Waals surface area contributed by atoms with Crippen molar-refractivity contribution < 1.29 is 14.6 Å². The monoisotopic (exact) mass is 463 g/mol. The van der Waals surface area contributed by atoms with Crippen LogP contribution in [0.15, 0.2) is 70.3 Å². The summed E-state index contributed by atoms with van der Waals surface area (Å²) in [7, 11) is 0. The second kappa shape index (κ2) is 11.0. The van der Waals surface area contributed by atoms with Crippen LogP contribution < -0.4 is 21.3 Å². The fourth-order valence-electron chi connectivity index (χ4n) is 4.43. The lowest BCUT2D eigenvalue weighted by Gasteiger charge is -2.29. The summed E-state index contributed by atoms with van der Waals surface area (Å²) in [5, 5.41) is 12.2. The summed E-state index contributed by atoms with van der Waals surface area (Å²) < 4.78 is 6.57. The Morgan fingerprint density at radius 1 is 1.00 bits per heavy atom. The zero-order chi connectivity index (χ0) is 23.9. The van der Waals surface area contributed by atoms with Crippen LogP contribution in [0.3, 0.4) is 0 Å². The lowest BCUT2D eigenvalue weighted by molar-refractivity contribution is 0.0914. The molecule has 1 aliphatic carbocycles. The van der Waals surface area contributed by atoms with Crippen LogP contribution >= 0.6 is 0 Å². The Kier molecular flexibility index (Phi) is 7.59. The summed E-state index contributed by atoms with van der Waals surface area (Å²) in [4.78, 5) is 41.0. The van der Waals surface area contributed by atoms with Gasteiger partial charge in [0.15, 0.2) is 5.69 Å². The Morgan fingerprint density at radius 2 is 1.65 bits per heavy atom. The van der Waals surface area contributed by atoms with Gasteiger partial charge >= 0.3 is 5.69 Å². The SMILES string of the molecule is O=C(NC1CCC(c2ccccc2)CC1)c1[nH]c(=O)n(CCO)c(=O)c1OCc1ccccc1. The molecular formula is C26H29N3O5. The van der Waals surface area contributed by atoms with Gasteiger partial charge in [0.1, 0.15) is 6.61 Å². The molecule has 1 heterocycles. The molecule has 1 amide bonds. The number of aromatic nitrogens is 2. The van der Waals surface area contributed by atoms with E-state index >= 15 is 0 Å². The molecule has 0 radical (unpaired) electrons. The third kappa shape index (κ3) is 5.46. The van der Waals surface area contributed by atoms with Gasteiger partial charge in [-0.2, -0.15) is 0 Å². The van der Waals surface area contributed by atoms with E-state index in [0.29, 0.717) is 5.92 Å². The number of benzene rings is 2. The molecule has 0 aliphatic heterocycles. The van der Waals surface area contributed by atoms with E-state index in [1.165, 1.54) is 5.56 Å². The molecule has 2 aromatic carbocycles. The van der Waals surface area contributed by atoms with Gasteiger partial charge in [-0.15, -0.1) is 0 Å². The molecule has 0 spiro atoms. The fraction of sp³-hybridized carbons (Fsp3) is 0.346. The summed E-state index contributed by atoms with van der Waals surface area (Å²) in [6.07, 6.45) is 3.50. The molecule has 178 valence electrons. The number of ether oxygens (including phenoxy) is 1. The third-order valence-corrected chi connectivity index (χ3v) is 6.25. The minimum absolute atomic E-state index is 0.0576. The lowest BCUT2D eigenvalue weighted by atomic mass is 9.82. The van der Waals surface area contributed by atoms with Gasteiger partial charge in [0.05, 0.1) is 13.2 Å². The number of carbonyl (C=O) groups is 1. The molecule has 0 bridgehead atoms. The molecule has 1 saturated carbocycles. The molecule has 1 fully saturated rings. The molecule has 8 heteroatoms. The first-order valence-corrected chi connectivity index (χ1v) is 11.6. The molecular weight excluding hydrogens is 434 g/mol. The van der Waals surface area contributed by atoms with Crippen LogP contribution in [-0.4, -0.2) is 33.2 Å². The normalized spacial score (nSPS) is 17.8. The Labute approximate surface area is 197 Å². The highest BCUT2D eigenvalue weighted by molar-refractivity contribution is 5.94. The van der Waals surface area contributed by atoms with E-state index in [-0.39, 0.29) is 30.6 Å². The van der Waals surface area contributed by atoms with Gasteiger partial charge in [0.2, 0.25) is 5.75 Å². The summed E-state index contributed by atoms with van der Waals surface area (Å²) >= 11 is 0. The van der Waals surface area contributed by atoms with E-state index in [9.17, 15) is 19.5 Å². The van der Waals surface area contributed by atoms with Gasteiger partial charge in [-0.25, -0.2) is 4.79 Å². The highest BCUT2D eigenvalue weighted by Crippen LogP contribution is 2.32. The van der Waals surface area contributed by atoms with Crippen molar-refractivity contribution in [3.8, 4) is 5.75 Å². The van der Waals surface area contributed by atoms with E-state index in [2.05, 4.69) is 22.4 Å². The van der Waals surface area contributed by atoms with Crippen molar-refractivity contribution >= 4 is 5.91 Å². The molecule has 3 N–H and O–H groups in total. The zero-order valence-corrected chi connectivity index (χ0v) is 18.9.